The van der Waals surface area contributed by atoms with E-state index in [9.17, 15) is 4.79 Å². The Labute approximate surface area is 105 Å². The van der Waals surface area contributed by atoms with Crippen LogP contribution in [0.25, 0.3) is 0 Å². The summed E-state index contributed by atoms with van der Waals surface area (Å²) < 4.78 is 0. The summed E-state index contributed by atoms with van der Waals surface area (Å²) in [7, 11) is 0. The first kappa shape index (κ1) is 13.8. The zero-order chi connectivity index (χ0) is 12.7. The van der Waals surface area contributed by atoms with E-state index in [1.54, 1.807) is 0 Å². The van der Waals surface area contributed by atoms with Gasteiger partial charge in [-0.05, 0) is 12.8 Å². The van der Waals surface area contributed by atoms with E-state index in [0.717, 1.165) is 37.7 Å². The number of nitrogens with one attached hydrogen (secondary N) is 1. The maximum absolute atomic E-state index is 11.8. The molecule has 1 saturated heterocycles. The van der Waals surface area contributed by atoms with Crippen molar-refractivity contribution in [3.05, 3.63) is 0 Å². The van der Waals surface area contributed by atoms with E-state index in [0.29, 0.717) is 0 Å². The first-order valence-corrected chi connectivity index (χ1v) is 6.67. The van der Waals surface area contributed by atoms with Gasteiger partial charge in [-0.1, -0.05) is 24.6 Å². The molecular formula is C10H19N5OS. The lowest BCUT2D eigenvalue weighted by Crippen LogP contribution is -2.33. The minimum Gasteiger partial charge on any atom is -0.370 e. The molecule has 5 N–H and O–H groups in total. The van der Waals surface area contributed by atoms with Crippen molar-refractivity contribution in [2.45, 2.75) is 25.7 Å². The highest BCUT2D eigenvalue weighted by atomic mass is 32.2. The van der Waals surface area contributed by atoms with E-state index < -0.39 is 0 Å². The predicted molar refractivity (Wildman–Crippen MR) is 71.0 cm³/mol. The molecule has 0 aromatic heterocycles. The number of hydrogen-bond acceptors (Lipinski definition) is 3. The van der Waals surface area contributed by atoms with Crippen LogP contribution >= 0.6 is 11.8 Å². The van der Waals surface area contributed by atoms with Gasteiger partial charge >= 0.3 is 0 Å². The molecule has 1 rings (SSSR count). The zero-order valence-corrected chi connectivity index (χ0v) is 10.6. The summed E-state index contributed by atoms with van der Waals surface area (Å²) in [6, 6.07) is 0. The number of carbonyl (C=O) groups excluding carboxylic acids is 1. The van der Waals surface area contributed by atoms with Crippen LogP contribution in [0.2, 0.25) is 0 Å². The fourth-order valence-corrected chi connectivity index (χ4v) is 2.30. The molecule has 0 aromatic rings. The van der Waals surface area contributed by atoms with Crippen LogP contribution < -0.4 is 11.5 Å². The van der Waals surface area contributed by atoms with Gasteiger partial charge in [-0.3, -0.25) is 10.2 Å². The number of amides is 1. The standard InChI is InChI=1S/C10H19N5OS/c11-9(12)14-10(13)17-7-8(16)15-5-3-1-2-4-6-15/h1-7H2,(H5,11,12,13,14). The van der Waals surface area contributed by atoms with Crippen LogP contribution in [0.1, 0.15) is 25.7 Å². The van der Waals surface area contributed by atoms with E-state index in [-0.39, 0.29) is 22.8 Å². The van der Waals surface area contributed by atoms with E-state index in [2.05, 4.69) is 4.99 Å². The third-order valence-electron chi connectivity index (χ3n) is 2.52. The number of likely N-dealkylation sites (tertiary alicyclic amines) is 1. The summed E-state index contributed by atoms with van der Waals surface area (Å²) >= 11 is 1.06. The second-order valence-electron chi connectivity index (χ2n) is 3.93. The first-order chi connectivity index (χ1) is 8.09. The predicted octanol–water partition coefficient (Wildman–Crippen LogP) is 0.330. The third-order valence-corrected chi connectivity index (χ3v) is 3.28. The van der Waals surface area contributed by atoms with Crippen molar-refractivity contribution in [1.82, 2.24) is 4.90 Å². The molecule has 0 spiro atoms. The Hall–Kier alpha value is -1.24. The Bertz CT molecular complexity index is 306. The van der Waals surface area contributed by atoms with Crippen molar-refractivity contribution < 1.29 is 4.79 Å². The van der Waals surface area contributed by atoms with Gasteiger partial charge in [0.2, 0.25) is 5.91 Å². The van der Waals surface area contributed by atoms with Crippen LogP contribution in [0, 0.1) is 5.41 Å². The lowest BCUT2D eigenvalue weighted by molar-refractivity contribution is -0.128. The average molecular weight is 257 g/mol. The van der Waals surface area contributed by atoms with Gasteiger partial charge in [-0.15, -0.1) is 0 Å². The number of carbonyl (C=O) groups is 1. The van der Waals surface area contributed by atoms with Crippen LogP contribution in [0.15, 0.2) is 4.99 Å². The summed E-state index contributed by atoms with van der Waals surface area (Å²) in [5, 5.41) is 7.39. The molecule has 0 radical (unpaired) electrons. The Morgan fingerprint density at radius 2 is 1.82 bits per heavy atom. The quantitative estimate of drug-likeness (QED) is 0.489. The minimum absolute atomic E-state index is 0.0202. The molecule has 1 fully saturated rings. The van der Waals surface area contributed by atoms with E-state index in [1.807, 2.05) is 4.90 Å². The Morgan fingerprint density at radius 3 is 2.35 bits per heavy atom. The molecule has 96 valence electrons. The Kier molecular flexibility index (Phi) is 5.82. The Morgan fingerprint density at radius 1 is 1.24 bits per heavy atom. The Balaban J connectivity index is 2.33. The molecule has 1 aliphatic heterocycles. The summed E-state index contributed by atoms with van der Waals surface area (Å²) in [5.74, 6) is 0.146. The van der Waals surface area contributed by atoms with Crippen molar-refractivity contribution >= 4 is 28.8 Å². The topological polar surface area (TPSA) is 109 Å². The highest BCUT2D eigenvalue weighted by molar-refractivity contribution is 8.14. The fourth-order valence-electron chi connectivity index (χ4n) is 1.69. The largest absolute Gasteiger partial charge is 0.370 e. The lowest BCUT2D eigenvalue weighted by atomic mass is 10.2. The molecule has 0 aliphatic carbocycles. The van der Waals surface area contributed by atoms with E-state index in [1.165, 1.54) is 12.8 Å². The SMILES string of the molecule is N=C(N=C(N)N)SCC(=O)N1CCCCCC1. The van der Waals surface area contributed by atoms with Crippen molar-refractivity contribution in [3.8, 4) is 0 Å². The third kappa shape index (κ3) is 5.58. The van der Waals surface area contributed by atoms with Crippen molar-refractivity contribution in [2.24, 2.45) is 16.5 Å². The minimum atomic E-state index is -0.148. The maximum atomic E-state index is 11.8. The van der Waals surface area contributed by atoms with E-state index >= 15 is 0 Å². The van der Waals surface area contributed by atoms with Crippen molar-refractivity contribution in [3.63, 3.8) is 0 Å². The van der Waals surface area contributed by atoms with Crippen LogP contribution in [0.5, 0.6) is 0 Å². The molecule has 17 heavy (non-hydrogen) atoms. The summed E-state index contributed by atoms with van der Waals surface area (Å²) in [4.78, 5) is 17.3. The van der Waals surface area contributed by atoms with Gasteiger partial charge < -0.3 is 16.4 Å². The van der Waals surface area contributed by atoms with Crippen LogP contribution in [0.3, 0.4) is 0 Å². The molecule has 0 aromatic carbocycles. The number of thioether (sulfide) groups is 1. The molecule has 1 amide bonds. The first-order valence-electron chi connectivity index (χ1n) is 5.68. The highest BCUT2D eigenvalue weighted by Crippen LogP contribution is 2.12. The fraction of sp³-hybridized carbons (Fsp3) is 0.700. The van der Waals surface area contributed by atoms with Gasteiger partial charge in [0.25, 0.3) is 0 Å². The average Bonchev–Trinajstić information content (AvgIpc) is 2.53. The number of aliphatic imine (C=N–C) groups is 1. The summed E-state index contributed by atoms with van der Waals surface area (Å²) in [5.41, 5.74) is 10.3. The van der Waals surface area contributed by atoms with Gasteiger partial charge in [0, 0.05) is 13.1 Å². The molecule has 0 unspecified atom stereocenters. The molecule has 1 aliphatic rings. The van der Waals surface area contributed by atoms with E-state index in [4.69, 9.17) is 16.9 Å². The highest BCUT2D eigenvalue weighted by Gasteiger charge is 2.15. The maximum Gasteiger partial charge on any atom is 0.233 e. The molecule has 6 nitrogen and oxygen atoms in total. The summed E-state index contributed by atoms with van der Waals surface area (Å²) in [6.07, 6.45) is 4.53. The smallest absolute Gasteiger partial charge is 0.233 e. The van der Waals surface area contributed by atoms with Gasteiger partial charge in [0.1, 0.15) is 0 Å². The number of rotatable bonds is 2. The number of nitrogens with two attached hydrogens (primary N) is 2. The summed E-state index contributed by atoms with van der Waals surface area (Å²) in [6.45, 7) is 1.66. The molecule has 0 saturated carbocycles. The second kappa shape index (κ2) is 7.16. The van der Waals surface area contributed by atoms with Crippen LogP contribution in [-0.2, 0) is 4.79 Å². The zero-order valence-electron chi connectivity index (χ0n) is 9.82. The van der Waals surface area contributed by atoms with Crippen LogP contribution in [0.4, 0.5) is 0 Å². The second-order valence-corrected chi connectivity index (χ2v) is 4.89. The van der Waals surface area contributed by atoms with Gasteiger partial charge in [-0.25, -0.2) is 0 Å². The normalized spacial score (nSPS) is 16.1. The lowest BCUT2D eigenvalue weighted by Gasteiger charge is -2.19. The number of guanidine groups is 1. The van der Waals surface area contributed by atoms with Crippen molar-refractivity contribution in [1.29, 1.82) is 5.41 Å². The van der Waals surface area contributed by atoms with Crippen LogP contribution in [-0.4, -0.2) is 40.8 Å². The molecular weight excluding hydrogens is 238 g/mol. The monoisotopic (exact) mass is 257 g/mol. The molecule has 1 heterocycles. The van der Waals surface area contributed by atoms with Gasteiger partial charge in [0.15, 0.2) is 11.1 Å². The van der Waals surface area contributed by atoms with Gasteiger partial charge in [-0.2, -0.15) is 4.99 Å². The molecule has 0 atom stereocenters. The van der Waals surface area contributed by atoms with Crippen molar-refractivity contribution in [2.75, 3.05) is 18.8 Å². The van der Waals surface area contributed by atoms with Gasteiger partial charge in [0.05, 0.1) is 5.75 Å². The number of hydrogen-bond donors (Lipinski definition) is 3. The molecule has 7 heteroatoms. The number of nitrogens with zero attached hydrogens (tertiary/aromatic N) is 2. The molecule has 0 bridgehead atoms. The number of amidine groups is 1.